The van der Waals surface area contributed by atoms with E-state index in [4.69, 9.17) is 0 Å². The van der Waals surface area contributed by atoms with E-state index in [9.17, 15) is 0 Å². The minimum atomic E-state index is 0.624. The lowest BCUT2D eigenvalue weighted by molar-refractivity contribution is 0.288. The molecule has 0 bridgehead atoms. The monoisotopic (exact) mass is 649 g/mol. The van der Waals surface area contributed by atoms with Gasteiger partial charge in [0.15, 0.2) is 0 Å². The Hall–Kier alpha value is -3.12. The molecule has 0 aromatic rings. The van der Waals surface area contributed by atoms with Crippen LogP contribution < -0.4 is 0 Å². The minimum Gasteiger partial charge on any atom is -0.103 e. The van der Waals surface area contributed by atoms with Crippen LogP contribution in [0.2, 0.25) is 0 Å². The van der Waals surface area contributed by atoms with E-state index in [0.29, 0.717) is 71.0 Å². The Morgan fingerprint density at radius 1 is 0.208 bits per heavy atom. The van der Waals surface area contributed by atoms with Crippen LogP contribution in [0.3, 0.4) is 0 Å². The van der Waals surface area contributed by atoms with E-state index in [-0.39, 0.29) is 0 Å². The molecule has 0 aromatic carbocycles. The van der Waals surface area contributed by atoms with Crippen molar-refractivity contribution in [1.82, 2.24) is 0 Å². The van der Waals surface area contributed by atoms with Crippen LogP contribution in [0.25, 0.3) is 0 Å². The Morgan fingerprint density at radius 3 is 0.500 bits per heavy atom. The highest BCUT2D eigenvalue weighted by Gasteiger charge is 2.27. The van der Waals surface area contributed by atoms with Crippen molar-refractivity contribution in [3.8, 4) is 0 Å². The van der Waals surface area contributed by atoms with Crippen molar-refractivity contribution in [1.29, 1.82) is 0 Å². The van der Waals surface area contributed by atoms with Gasteiger partial charge in [-0.25, -0.2) is 0 Å². The molecule has 0 N–H and O–H groups in total. The topological polar surface area (TPSA) is 0 Å². The zero-order chi connectivity index (χ0) is 35.9. The summed E-state index contributed by atoms with van der Waals surface area (Å²) in [5.41, 5.74) is 0. The molecule has 0 aromatic heterocycles. The van der Waals surface area contributed by atoms with Crippen LogP contribution in [0, 0.1) is 71.0 Å². The molecule has 4 rings (SSSR count). The van der Waals surface area contributed by atoms with Gasteiger partial charge < -0.3 is 0 Å². The summed E-state index contributed by atoms with van der Waals surface area (Å²) >= 11 is 0. The highest BCUT2D eigenvalue weighted by atomic mass is 14.3. The van der Waals surface area contributed by atoms with Gasteiger partial charge in [0, 0.05) is 0 Å². The van der Waals surface area contributed by atoms with Crippen molar-refractivity contribution in [2.24, 2.45) is 71.0 Å². The number of hydrogen-bond acceptors (Lipinski definition) is 0. The molecule has 0 radical (unpaired) electrons. The van der Waals surface area contributed by atoms with Crippen molar-refractivity contribution in [2.75, 3.05) is 0 Å². The summed E-state index contributed by atoms with van der Waals surface area (Å²) in [6.07, 6.45) is 39.8. The zero-order valence-corrected chi connectivity index (χ0v) is 30.8. The third-order valence-corrected chi connectivity index (χ3v) is 11.7. The Balaban J connectivity index is 0.000000320. The molecule has 0 nitrogen and oxygen atoms in total. The van der Waals surface area contributed by atoms with E-state index >= 15 is 0 Å². The van der Waals surface area contributed by atoms with Crippen LogP contribution >= 0.6 is 0 Å². The number of rotatable bonds is 12. The van der Waals surface area contributed by atoms with Crippen molar-refractivity contribution < 1.29 is 0 Å². The molecule has 0 saturated heterocycles. The SMILES string of the molecule is C=C[C@@H]1CC[C@H](C=C)[C@H](C=C)C1.C=C[C@H]1CC[C@@H](C=C)[C@H](C=C)C1.C=C[C@H]1CC[C@H](C=C)[C@@H](C=C)C1.C=C[C@H]1CC[C@H](C=C)[C@H](C=C)C1. The van der Waals surface area contributed by atoms with E-state index < -0.39 is 0 Å². The fourth-order valence-corrected chi connectivity index (χ4v) is 8.16. The predicted molar refractivity (Wildman–Crippen MR) is 220 cm³/mol. The van der Waals surface area contributed by atoms with Crippen molar-refractivity contribution in [3.05, 3.63) is 152 Å². The highest BCUT2D eigenvalue weighted by molar-refractivity contribution is 5.03. The molecular weight excluding hydrogens is 577 g/mol. The first kappa shape index (κ1) is 42.9. The molecule has 0 aliphatic heterocycles. The third-order valence-electron chi connectivity index (χ3n) is 11.7. The fourth-order valence-electron chi connectivity index (χ4n) is 8.16. The van der Waals surface area contributed by atoms with Gasteiger partial charge in [-0.1, -0.05) is 72.9 Å². The second kappa shape index (κ2) is 24.9. The first-order valence-electron chi connectivity index (χ1n) is 18.8. The maximum Gasteiger partial charge on any atom is -0.0168 e. The first-order valence-corrected chi connectivity index (χ1v) is 18.8. The minimum absolute atomic E-state index is 0.624. The second-order valence-electron chi connectivity index (χ2n) is 14.4. The van der Waals surface area contributed by atoms with Gasteiger partial charge >= 0.3 is 0 Å². The Bertz CT molecular complexity index is 882. The molecule has 0 amide bonds. The summed E-state index contributed by atoms with van der Waals surface area (Å²) in [7, 11) is 0. The zero-order valence-electron chi connectivity index (χ0n) is 30.8. The lowest BCUT2D eigenvalue weighted by atomic mass is 9.74. The van der Waals surface area contributed by atoms with Crippen LogP contribution in [0.5, 0.6) is 0 Å². The first-order chi connectivity index (χ1) is 23.2. The molecule has 0 heteroatoms. The van der Waals surface area contributed by atoms with E-state index in [1.54, 1.807) is 0 Å². The summed E-state index contributed by atoms with van der Waals surface area (Å²) in [4.78, 5) is 0. The largest absolute Gasteiger partial charge is 0.103 e. The Morgan fingerprint density at radius 2 is 0.375 bits per heavy atom. The van der Waals surface area contributed by atoms with E-state index in [1.165, 1.54) is 77.0 Å². The summed E-state index contributed by atoms with van der Waals surface area (Å²) in [6, 6.07) is 0. The second-order valence-corrected chi connectivity index (χ2v) is 14.4. The van der Waals surface area contributed by atoms with Gasteiger partial charge in [-0.05, 0) is 148 Å². The van der Waals surface area contributed by atoms with Gasteiger partial charge in [-0.15, -0.1) is 78.9 Å². The van der Waals surface area contributed by atoms with Crippen molar-refractivity contribution in [3.63, 3.8) is 0 Å². The summed E-state index contributed by atoms with van der Waals surface area (Å²) in [5.74, 6) is 7.90. The van der Waals surface area contributed by atoms with Crippen LogP contribution in [0.4, 0.5) is 0 Å². The van der Waals surface area contributed by atoms with Crippen LogP contribution in [0.1, 0.15) is 77.0 Å². The summed E-state index contributed by atoms with van der Waals surface area (Å²) < 4.78 is 0. The highest BCUT2D eigenvalue weighted by Crippen LogP contribution is 2.38. The maximum absolute atomic E-state index is 3.87. The summed E-state index contributed by atoms with van der Waals surface area (Å²) in [5, 5.41) is 0. The van der Waals surface area contributed by atoms with Gasteiger partial charge in [-0.2, -0.15) is 0 Å². The molecule has 4 aliphatic carbocycles. The third kappa shape index (κ3) is 14.2. The van der Waals surface area contributed by atoms with E-state index in [2.05, 4.69) is 152 Å². The quantitative estimate of drug-likeness (QED) is 0.185. The normalized spacial score (nSPS) is 35.5. The van der Waals surface area contributed by atoms with Gasteiger partial charge in [0.2, 0.25) is 0 Å². The van der Waals surface area contributed by atoms with Crippen LogP contribution in [-0.2, 0) is 0 Å². The number of hydrogen-bond donors (Lipinski definition) is 0. The Kier molecular flexibility index (Phi) is 22.3. The average Bonchev–Trinajstić information content (AvgIpc) is 3.17. The average molecular weight is 649 g/mol. The smallest absolute Gasteiger partial charge is 0.0168 e. The predicted octanol–water partition coefficient (Wildman–Crippen LogP) is 14.3. The van der Waals surface area contributed by atoms with Crippen LogP contribution in [-0.4, -0.2) is 0 Å². The molecular formula is C48H72. The molecule has 264 valence electrons. The van der Waals surface area contributed by atoms with Gasteiger partial charge in [0.1, 0.15) is 0 Å². The lowest BCUT2D eigenvalue weighted by Crippen LogP contribution is -2.20. The maximum atomic E-state index is 3.87. The van der Waals surface area contributed by atoms with Gasteiger partial charge in [0.05, 0.1) is 0 Å². The number of allylic oxidation sites excluding steroid dienone is 12. The van der Waals surface area contributed by atoms with E-state index in [0.717, 1.165) is 0 Å². The van der Waals surface area contributed by atoms with Gasteiger partial charge in [0.25, 0.3) is 0 Å². The van der Waals surface area contributed by atoms with E-state index in [1.807, 2.05) is 0 Å². The molecule has 0 heterocycles. The molecule has 12 atom stereocenters. The molecule has 0 unspecified atom stereocenters. The molecule has 4 saturated carbocycles. The molecule has 4 aliphatic rings. The standard InChI is InChI=1S/4C12H18/c4*1-4-10-7-8-11(5-2)12(6-3)9-10/h4*4-6,10-12H,1-3,7-9H2/t10-,11+,12+;10-,11+,12-;10-,11-,12+;10-,11-,12-/m0100/s1. The fraction of sp³-hybridized carbons (Fsp3) is 0.500. The van der Waals surface area contributed by atoms with Crippen molar-refractivity contribution in [2.45, 2.75) is 77.0 Å². The van der Waals surface area contributed by atoms with Crippen molar-refractivity contribution >= 4 is 0 Å². The summed E-state index contributed by atoms with van der Waals surface area (Å²) in [6.45, 7) is 46.3. The Labute approximate surface area is 299 Å². The molecule has 4 fully saturated rings. The van der Waals surface area contributed by atoms with Crippen LogP contribution in [0.15, 0.2) is 152 Å². The molecule has 48 heavy (non-hydrogen) atoms. The molecule has 0 spiro atoms. The van der Waals surface area contributed by atoms with Gasteiger partial charge in [-0.3, -0.25) is 0 Å². The lowest BCUT2D eigenvalue weighted by Gasteiger charge is -2.31.